The quantitative estimate of drug-likeness (QED) is 0.601. The van der Waals surface area contributed by atoms with E-state index >= 15 is 0 Å². The standard InChI is InChI=1S/C12H5Cl5O/c13-6-1-2-7(14)12(18)11(6)5-3-9(16)10(17)4-8(5)15/h1-4,18H. The van der Waals surface area contributed by atoms with Crippen molar-refractivity contribution in [1.29, 1.82) is 0 Å². The zero-order valence-corrected chi connectivity index (χ0v) is 12.4. The molecule has 0 amide bonds. The van der Waals surface area contributed by atoms with Crippen LogP contribution in [0.5, 0.6) is 5.75 Å². The average molecular weight is 342 g/mol. The molecule has 0 spiro atoms. The summed E-state index contributed by atoms with van der Waals surface area (Å²) in [7, 11) is 0. The summed E-state index contributed by atoms with van der Waals surface area (Å²) in [5.74, 6) is -0.149. The summed E-state index contributed by atoms with van der Waals surface area (Å²) in [5, 5.41) is 11.4. The van der Waals surface area contributed by atoms with E-state index < -0.39 is 0 Å². The van der Waals surface area contributed by atoms with Crippen LogP contribution < -0.4 is 0 Å². The van der Waals surface area contributed by atoms with Crippen LogP contribution in [0.15, 0.2) is 24.3 Å². The predicted octanol–water partition coefficient (Wildman–Crippen LogP) is 6.33. The second kappa shape index (κ2) is 5.36. The Labute approximate surface area is 129 Å². The van der Waals surface area contributed by atoms with Crippen molar-refractivity contribution in [2.45, 2.75) is 0 Å². The molecule has 94 valence electrons. The van der Waals surface area contributed by atoms with Crippen molar-refractivity contribution in [2.75, 3.05) is 0 Å². The second-order valence-electron chi connectivity index (χ2n) is 3.50. The highest BCUT2D eigenvalue weighted by molar-refractivity contribution is 6.44. The predicted molar refractivity (Wildman–Crippen MR) is 78.6 cm³/mol. The van der Waals surface area contributed by atoms with Crippen molar-refractivity contribution in [2.24, 2.45) is 0 Å². The first-order valence-corrected chi connectivity index (χ1v) is 6.62. The van der Waals surface area contributed by atoms with E-state index in [4.69, 9.17) is 58.0 Å². The minimum absolute atomic E-state index is 0.149. The third-order valence-corrected chi connectivity index (χ3v) is 4.01. The molecule has 18 heavy (non-hydrogen) atoms. The van der Waals surface area contributed by atoms with E-state index in [1.165, 1.54) is 18.2 Å². The lowest BCUT2D eigenvalue weighted by atomic mass is 10.0. The molecule has 0 fully saturated rings. The summed E-state index contributed by atoms with van der Waals surface area (Å²) >= 11 is 29.7. The molecule has 0 aliphatic rings. The Morgan fingerprint density at radius 1 is 0.667 bits per heavy atom. The molecule has 1 N–H and O–H groups in total. The van der Waals surface area contributed by atoms with Gasteiger partial charge in [0.05, 0.1) is 25.1 Å². The van der Waals surface area contributed by atoms with E-state index in [2.05, 4.69) is 0 Å². The van der Waals surface area contributed by atoms with Gasteiger partial charge in [-0.25, -0.2) is 0 Å². The van der Waals surface area contributed by atoms with Gasteiger partial charge in [0, 0.05) is 11.1 Å². The Morgan fingerprint density at radius 3 is 1.89 bits per heavy atom. The number of benzene rings is 2. The van der Waals surface area contributed by atoms with Crippen molar-refractivity contribution in [3.05, 3.63) is 49.4 Å². The highest BCUT2D eigenvalue weighted by atomic mass is 35.5. The van der Waals surface area contributed by atoms with Gasteiger partial charge in [-0.3, -0.25) is 0 Å². The zero-order chi connectivity index (χ0) is 13.4. The van der Waals surface area contributed by atoms with Crippen LogP contribution in [0, 0.1) is 0 Å². The lowest BCUT2D eigenvalue weighted by Crippen LogP contribution is -1.85. The van der Waals surface area contributed by atoms with Gasteiger partial charge in [-0.2, -0.15) is 0 Å². The number of phenols is 1. The molecule has 2 rings (SSSR count). The number of hydrogen-bond acceptors (Lipinski definition) is 1. The molecule has 0 radical (unpaired) electrons. The highest BCUT2D eigenvalue weighted by Crippen LogP contribution is 2.45. The van der Waals surface area contributed by atoms with Crippen molar-refractivity contribution in [3.63, 3.8) is 0 Å². The van der Waals surface area contributed by atoms with Crippen LogP contribution in [0.1, 0.15) is 0 Å². The molecule has 2 aromatic rings. The Balaban J connectivity index is 2.77. The number of hydrogen-bond donors (Lipinski definition) is 1. The van der Waals surface area contributed by atoms with Crippen LogP contribution in [-0.2, 0) is 0 Å². The zero-order valence-electron chi connectivity index (χ0n) is 8.65. The molecule has 0 saturated carbocycles. The molecule has 6 heteroatoms. The molecule has 0 atom stereocenters. The molecule has 0 saturated heterocycles. The number of rotatable bonds is 1. The highest BCUT2D eigenvalue weighted by Gasteiger charge is 2.17. The third-order valence-electron chi connectivity index (χ3n) is 2.36. The Morgan fingerprint density at radius 2 is 1.22 bits per heavy atom. The molecule has 0 aromatic heterocycles. The van der Waals surface area contributed by atoms with Gasteiger partial charge < -0.3 is 5.11 Å². The Hall–Kier alpha value is -0.310. The minimum Gasteiger partial charge on any atom is -0.506 e. The summed E-state index contributed by atoms with van der Waals surface area (Å²) in [6, 6.07) is 6.08. The SMILES string of the molecule is Oc1c(Cl)ccc(Cl)c1-c1cc(Cl)c(Cl)cc1Cl. The molecule has 0 aliphatic heterocycles. The Bertz CT molecular complexity index is 624. The van der Waals surface area contributed by atoms with Gasteiger partial charge in [-0.15, -0.1) is 0 Å². The smallest absolute Gasteiger partial charge is 0.143 e. The first kappa shape index (κ1) is 14.1. The van der Waals surface area contributed by atoms with Crippen molar-refractivity contribution >= 4 is 58.0 Å². The molecule has 0 heterocycles. The van der Waals surface area contributed by atoms with Crippen LogP contribution in [-0.4, -0.2) is 5.11 Å². The van der Waals surface area contributed by atoms with Gasteiger partial charge in [0.1, 0.15) is 5.75 Å². The fourth-order valence-electron chi connectivity index (χ4n) is 1.51. The van der Waals surface area contributed by atoms with E-state index in [9.17, 15) is 5.11 Å². The van der Waals surface area contributed by atoms with Gasteiger partial charge in [0.2, 0.25) is 0 Å². The molecule has 0 aliphatic carbocycles. The van der Waals surface area contributed by atoms with Gasteiger partial charge >= 0.3 is 0 Å². The largest absolute Gasteiger partial charge is 0.506 e. The van der Waals surface area contributed by atoms with E-state index in [1.807, 2.05) is 0 Å². The van der Waals surface area contributed by atoms with Crippen LogP contribution in [0.25, 0.3) is 11.1 Å². The second-order valence-corrected chi connectivity index (χ2v) is 5.53. The Kier molecular flexibility index (Phi) is 4.20. The number of phenolic OH excluding ortho intramolecular Hbond substituents is 1. The van der Waals surface area contributed by atoms with Crippen molar-refractivity contribution in [1.82, 2.24) is 0 Å². The van der Waals surface area contributed by atoms with Crippen molar-refractivity contribution < 1.29 is 5.11 Å². The maximum Gasteiger partial charge on any atom is 0.143 e. The summed E-state index contributed by atoms with van der Waals surface area (Å²) in [6.45, 7) is 0. The van der Waals surface area contributed by atoms with Gasteiger partial charge in [0.15, 0.2) is 0 Å². The fraction of sp³-hybridized carbons (Fsp3) is 0. The van der Waals surface area contributed by atoms with E-state index in [0.717, 1.165) is 0 Å². The number of halogens is 5. The third kappa shape index (κ3) is 2.52. The summed E-state index contributed by atoms with van der Waals surface area (Å²) in [5.41, 5.74) is 0.795. The normalized spacial score (nSPS) is 10.7. The monoisotopic (exact) mass is 340 g/mol. The number of aromatic hydroxyl groups is 1. The minimum atomic E-state index is -0.149. The van der Waals surface area contributed by atoms with Crippen LogP contribution >= 0.6 is 58.0 Å². The lowest BCUT2D eigenvalue weighted by molar-refractivity contribution is 0.477. The van der Waals surface area contributed by atoms with Crippen molar-refractivity contribution in [3.8, 4) is 16.9 Å². The molecular weight excluding hydrogens is 337 g/mol. The van der Waals surface area contributed by atoms with E-state index in [1.54, 1.807) is 6.07 Å². The molecule has 0 unspecified atom stereocenters. The molecule has 1 nitrogen and oxygen atoms in total. The van der Waals surface area contributed by atoms with E-state index in [0.29, 0.717) is 31.2 Å². The maximum atomic E-state index is 9.97. The first-order chi connectivity index (χ1) is 8.41. The summed E-state index contributed by atoms with van der Waals surface area (Å²) in [4.78, 5) is 0. The van der Waals surface area contributed by atoms with Crippen LogP contribution in [0.3, 0.4) is 0 Å². The van der Waals surface area contributed by atoms with Gasteiger partial charge in [-0.05, 0) is 24.3 Å². The summed E-state index contributed by atoms with van der Waals surface area (Å²) in [6.07, 6.45) is 0. The van der Waals surface area contributed by atoms with Gasteiger partial charge in [-0.1, -0.05) is 58.0 Å². The van der Waals surface area contributed by atoms with Crippen LogP contribution in [0.2, 0.25) is 25.1 Å². The maximum absolute atomic E-state index is 9.97. The topological polar surface area (TPSA) is 20.2 Å². The molecule has 2 aromatic carbocycles. The average Bonchev–Trinajstić information content (AvgIpc) is 2.31. The van der Waals surface area contributed by atoms with Gasteiger partial charge in [0.25, 0.3) is 0 Å². The van der Waals surface area contributed by atoms with E-state index in [-0.39, 0.29) is 10.8 Å². The molecule has 0 bridgehead atoms. The lowest BCUT2D eigenvalue weighted by Gasteiger charge is -2.11. The fourth-order valence-corrected chi connectivity index (χ4v) is 2.56. The summed E-state index contributed by atoms with van der Waals surface area (Å²) < 4.78 is 0. The van der Waals surface area contributed by atoms with Crippen LogP contribution in [0.4, 0.5) is 0 Å². The first-order valence-electron chi connectivity index (χ1n) is 4.73. The molecular formula is C12H5Cl5O.